The molecule has 0 saturated carbocycles. The fourth-order valence-electron chi connectivity index (χ4n) is 3.96. The molecule has 2 aromatic carbocycles. The van der Waals surface area contributed by atoms with Crippen LogP contribution in [-0.4, -0.2) is 60.3 Å². The Labute approximate surface area is 227 Å². The summed E-state index contributed by atoms with van der Waals surface area (Å²) in [4.78, 5) is 35.6. The fourth-order valence-corrected chi connectivity index (χ4v) is 3.96. The first-order valence-corrected chi connectivity index (χ1v) is 12.6. The third kappa shape index (κ3) is 7.52. The van der Waals surface area contributed by atoms with Gasteiger partial charge in [0.2, 0.25) is 5.88 Å². The molecule has 1 aromatic heterocycles. The number of alkyl carbamates (subject to hydrolysis) is 1. The molecule has 3 aromatic rings. The van der Waals surface area contributed by atoms with Crippen molar-refractivity contribution in [1.29, 1.82) is 5.26 Å². The average Bonchev–Trinajstić information content (AvgIpc) is 2.91. The average molecular weight is 530 g/mol. The van der Waals surface area contributed by atoms with Gasteiger partial charge in [-0.3, -0.25) is 4.79 Å². The van der Waals surface area contributed by atoms with Crippen LogP contribution in [-0.2, 0) is 9.47 Å². The van der Waals surface area contributed by atoms with E-state index >= 15 is 0 Å². The Kier molecular flexibility index (Phi) is 8.42. The standard InChI is InChI=1S/C29H31N5O5/c1-19-32-26(34-11-13-37-14-12-34)16-27(33-19)38-25-15-20(17-30)5-10-23(25)21-6-8-22(9-7-21)24(35)18-31-28(36)39-29(2,3)4/h5-10,15-16H,11-14,18H2,1-4H3,(H,31,36). The predicted octanol–water partition coefficient (Wildman–Crippen LogP) is 4.66. The number of morpholine rings is 1. The van der Waals surface area contributed by atoms with Crippen molar-refractivity contribution in [2.24, 2.45) is 0 Å². The third-order valence-electron chi connectivity index (χ3n) is 5.77. The highest BCUT2D eigenvalue weighted by atomic mass is 16.6. The van der Waals surface area contributed by atoms with Crippen LogP contribution in [0.15, 0.2) is 48.5 Å². The molecular weight excluding hydrogens is 498 g/mol. The lowest BCUT2D eigenvalue weighted by Crippen LogP contribution is -2.36. The summed E-state index contributed by atoms with van der Waals surface area (Å²) in [6.07, 6.45) is -0.649. The van der Waals surface area contributed by atoms with Crippen molar-refractivity contribution in [3.63, 3.8) is 0 Å². The number of nitriles is 1. The molecule has 0 radical (unpaired) electrons. The van der Waals surface area contributed by atoms with Gasteiger partial charge in [-0.2, -0.15) is 10.2 Å². The van der Waals surface area contributed by atoms with Crippen LogP contribution in [0.5, 0.6) is 11.6 Å². The second-order valence-electron chi connectivity index (χ2n) is 9.99. The van der Waals surface area contributed by atoms with Gasteiger partial charge in [0.25, 0.3) is 0 Å². The molecule has 10 heteroatoms. The van der Waals surface area contributed by atoms with Crippen LogP contribution >= 0.6 is 0 Å². The Hall–Kier alpha value is -4.49. The summed E-state index contributed by atoms with van der Waals surface area (Å²) in [7, 11) is 0. The number of hydrogen-bond donors (Lipinski definition) is 1. The quantitative estimate of drug-likeness (QED) is 0.435. The lowest BCUT2D eigenvalue weighted by Gasteiger charge is -2.28. The number of hydrogen-bond acceptors (Lipinski definition) is 9. The molecule has 39 heavy (non-hydrogen) atoms. The summed E-state index contributed by atoms with van der Waals surface area (Å²) < 4.78 is 16.8. The van der Waals surface area contributed by atoms with Crippen LogP contribution < -0.4 is 15.0 Å². The minimum atomic E-state index is -0.649. The summed E-state index contributed by atoms with van der Waals surface area (Å²) in [5, 5.41) is 12.0. The Morgan fingerprint density at radius 2 is 1.79 bits per heavy atom. The third-order valence-corrected chi connectivity index (χ3v) is 5.77. The van der Waals surface area contributed by atoms with E-state index in [1.54, 1.807) is 76.2 Å². The second-order valence-corrected chi connectivity index (χ2v) is 9.99. The van der Waals surface area contributed by atoms with Crippen molar-refractivity contribution < 1.29 is 23.8 Å². The minimum absolute atomic E-state index is 0.183. The lowest BCUT2D eigenvalue weighted by atomic mass is 10.0. The molecule has 1 N–H and O–H groups in total. The summed E-state index contributed by atoms with van der Waals surface area (Å²) in [5.41, 5.74) is 1.74. The number of anilines is 1. The number of aryl methyl sites for hydroxylation is 1. The van der Waals surface area contributed by atoms with Gasteiger partial charge in [0, 0.05) is 30.3 Å². The van der Waals surface area contributed by atoms with E-state index in [2.05, 4.69) is 26.3 Å². The Bertz CT molecular complexity index is 1390. The molecule has 1 amide bonds. The molecule has 1 fully saturated rings. The number of ether oxygens (including phenoxy) is 3. The zero-order chi connectivity index (χ0) is 28.0. The number of Topliss-reactive ketones (excluding diaryl/α,β-unsaturated/α-hetero) is 1. The first-order valence-electron chi connectivity index (χ1n) is 12.6. The first kappa shape index (κ1) is 27.5. The van der Waals surface area contributed by atoms with Gasteiger partial charge in [-0.1, -0.05) is 24.3 Å². The molecule has 2 heterocycles. The van der Waals surface area contributed by atoms with Crippen molar-refractivity contribution in [3.05, 3.63) is 65.5 Å². The zero-order valence-corrected chi connectivity index (χ0v) is 22.5. The molecule has 0 spiro atoms. The van der Waals surface area contributed by atoms with Crippen molar-refractivity contribution in [1.82, 2.24) is 15.3 Å². The molecule has 1 aliphatic heterocycles. The predicted molar refractivity (Wildman–Crippen MR) is 145 cm³/mol. The molecule has 0 atom stereocenters. The van der Waals surface area contributed by atoms with Gasteiger partial charge in [0.1, 0.15) is 23.0 Å². The van der Waals surface area contributed by atoms with Crippen molar-refractivity contribution in [2.45, 2.75) is 33.3 Å². The fraction of sp³-hybridized carbons (Fsp3) is 0.345. The maximum atomic E-state index is 12.6. The highest BCUT2D eigenvalue weighted by Crippen LogP contribution is 2.35. The van der Waals surface area contributed by atoms with Gasteiger partial charge in [-0.15, -0.1) is 0 Å². The van der Waals surface area contributed by atoms with E-state index in [1.165, 1.54) is 0 Å². The van der Waals surface area contributed by atoms with E-state index in [0.29, 0.717) is 41.8 Å². The topological polar surface area (TPSA) is 127 Å². The Morgan fingerprint density at radius 1 is 1.08 bits per heavy atom. The molecular formula is C29H31N5O5. The van der Waals surface area contributed by atoms with Gasteiger partial charge in [0.15, 0.2) is 5.78 Å². The number of amides is 1. The second kappa shape index (κ2) is 11.9. The van der Waals surface area contributed by atoms with Crippen LogP contribution in [0.2, 0.25) is 0 Å². The summed E-state index contributed by atoms with van der Waals surface area (Å²) >= 11 is 0. The zero-order valence-electron chi connectivity index (χ0n) is 22.5. The van der Waals surface area contributed by atoms with Crippen LogP contribution in [0.3, 0.4) is 0 Å². The summed E-state index contributed by atoms with van der Waals surface area (Å²) in [6, 6.07) is 16.0. The van der Waals surface area contributed by atoms with Crippen molar-refractivity contribution in [2.75, 3.05) is 37.7 Å². The van der Waals surface area contributed by atoms with Gasteiger partial charge in [-0.25, -0.2) is 9.78 Å². The first-order chi connectivity index (χ1) is 18.6. The molecule has 0 unspecified atom stereocenters. The van der Waals surface area contributed by atoms with E-state index in [0.717, 1.165) is 30.0 Å². The van der Waals surface area contributed by atoms with E-state index in [1.807, 2.05) is 0 Å². The summed E-state index contributed by atoms with van der Waals surface area (Å²) in [5.74, 6) is 1.87. The van der Waals surface area contributed by atoms with Crippen molar-refractivity contribution >= 4 is 17.7 Å². The number of nitrogens with zero attached hydrogens (tertiary/aromatic N) is 4. The monoisotopic (exact) mass is 529 g/mol. The molecule has 10 nitrogen and oxygen atoms in total. The highest BCUT2D eigenvalue weighted by molar-refractivity contribution is 5.99. The Morgan fingerprint density at radius 3 is 2.46 bits per heavy atom. The van der Waals surface area contributed by atoms with E-state index in [4.69, 9.17) is 14.2 Å². The number of aromatic nitrogens is 2. The SMILES string of the molecule is Cc1nc(Oc2cc(C#N)ccc2-c2ccc(C(=O)CNC(=O)OC(C)(C)C)cc2)cc(N2CCOCC2)n1. The molecule has 0 aliphatic carbocycles. The van der Waals surface area contributed by atoms with Gasteiger partial charge >= 0.3 is 6.09 Å². The maximum Gasteiger partial charge on any atom is 0.408 e. The maximum absolute atomic E-state index is 12.6. The number of benzene rings is 2. The van der Waals surface area contributed by atoms with Crippen molar-refractivity contribution in [3.8, 4) is 28.8 Å². The van der Waals surface area contributed by atoms with E-state index in [-0.39, 0.29) is 12.3 Å². The van der Waals surface area contributed by atoms with Crippen LogP contribution in [0.1, 0.15) is 42.5 Å². The van der Waals surface area contributed by atoms with Gasteiger partial charge in [0.05, 0.1) is 31.4 Å². The van der Waals surface area contributed by atoms with Crippen LogP contribution in [0.25, 0.3) is 11.1 Å². The van der Waals surface area contributed by atoms with E-state index in [9.17, 15) is 14.9 Å². The number of rotatable bonds is 7. The number of carbonyl (C=O) groups excluding carboxylic acids is 2. The highest BCUT2D eigenvalue weighted by Gasteiger charge is 2.18. The smallest absolute Gasteiger partial charge is 0.408 e. The van der Waals surface area contributed by atoms with Gasteiger partial charge in [-0.05, 0) is 51.5 Å². The van der Waals surface area contributed by atoms with E-state index < -0.39 is 11.7 Å². The molecule has 1 aliphatic rings. The van der Waals surface area contributed by atoms with Gasteiger partial charge < -0.3 is 24.4 Å². The largest absolute Gasteiger partial charge is 0.444 e. The molecule has 1 saturated heterocycles. The number of ketones is 1. The lowest BCUT2D eigenvalue weighted by molar-refractivity contribution is 0.0520. The normalized spacial score (nSPS) is 13.4. The van der Waals surface area contributed by atoms with Crippen LogP contribution in [0.4, 0.5) is 10.6 Å². The Balaban J connectivity index is 1.54. The number of carbonyl (C=O) groups is 2. The van der Waals surface area contributed by atoms with Crippen LogP contribution in [0, 0.1) is 18.3 Å². The molecule has 202 valence electrons. The minimum Gasteiger partial charge on any atom is -0.444 e. The molecule has 4 rings (SSSR count). The summed E-state index contributed by atoms with van der Waals surface area (Å²) in [6.45, 7) is 9.59. The number of nitrogens with one attached hydrogen (secondary N) is 1. The molecule has 0 bridgehead atoms.